The van der Waals surface area contributed by atoms with E-state index >= 15 is 0 Å². The van der Waals surface area contributed by atoms with Crippen LogP contribution in [0.2, 0.25) is 15.1 Å². The van der Waals surface area contributed by atoms with Crippen LogP contribution in [0, 0.1) is 0 Å². The highest BCUT2D eigenvalue weighted by Gasteiger charge is 2.20. The van der Waals surface area contributed by atoms with Gasteiger partial charge in [0, 0.05) is 17.0 Å². The number of aromatic carboxylic acids is 1. The molecule has 0 unspecified atom stereocenters. The van der Waals surface area contributed by atoms with Crippen molar-refractivity contribution in [3.63, 3.8) is 0 Å². The first-order valence-corrected chi connectivity index (χ1v) is 7.70. The van der Waals surface area contributed by atoms with Crippen molar-refractivity contribution < 1.29 is 15.0 Å². The second-order valence-corrected chi connectivity index (χ2v) is 6.23. The zero-order chi connectivity index (χ0) is 16.7. The fraction of sp³-hybridized carbons (Fsp3) is 0.0625. The molecule has 7 heteroatoms. The van der Waals surface area contributed by atoms with Crippen molar-refractivity contribution in [3.8, 4) is 5.75 Å². The Morgan fingerprint density at radius 2 is 1.87 bits per heavy atom. The minimum atomic E-state index is -1.10. The first-order chi connectivity index (χ1) is 10.9. The molecule has 0 spiro atoms. The highest BCUT2D eigenvalue weighted by atomic mass is 35.5. The molecule has 2 N–H and O–H groups in total. The Labute approximate surface area is 146 Å². The third-order valence-electron chi connectivity index (χ3n) is 3.52. The molecule has 0 saturated heterocycles. The molecule has 2 aromatic carbocycles. The van der Waals surface area contributed by atoms with E-state index in [1.54, 1.807) is 22.8 Å². The fourth-order valence-electron chi connectivity index (χ4n) is 2.48. The molecule has 23 heavy (non-hydrogen) atoms. The van der Waals surface area contributed by atoms with E-state index in [1.165, 1.54) is 12.1 Å². The second-order valence-electron chi connectivity index (χ2n) is 5.00. The molecule has 0 amide bonds. The van der Waals surface area contributed by atoms with E-state index in [4.69, 9.17) is 34.8 Å². The topological polar surface area (TPSA) is 62.5 Å². The van der Waals surface area contributed by atoms with Gasteiger partial charge in [0.2, 0.25) is 0 Å². The molecule has 118 valence electrons. The molecule has 0 radical (unpaired) electrons. The summed E-state index contributed by atoms with van der Waals surface area (Å²) in [4.78, 5) is 11.5. The Hall–Kier alpha value is -1.88. The van der Waals surface area contributed by atoms with Gasteiger partial charge in [-0.05, 0) is 29.8 Å². The molecule has 0 aliphatic rings. The number of aromatic nitrogens is 1. The Bertz CT molecular complexity index is 934. The maximum Gasteiger partial charge on any atom is 0.352 e. The molecule has 3 rings (SSSR count). The number of hydrogen-bond donors (Lipinski definition) is 2. The van der Waals surface area contributed by atoms with E-state index in [-0.39, 0.29) is 28.0 Å². The predicted molar refractivity (Wildman–Crippen MR) is 91.1 cm³/mol. The number of hydrogen-bond acceptors (Lipinski definition) is 2. The third kappa shape index (κ3) is 2.85. The molecular formula is C16H10Cl3NO3. The summed E-state index contributed by atoms with van der Waals surface area (Å²) in [6.45, 7) is 0.281. The van der Waals surface area contributed by atoms with Gasteiger partial charge in [0.25, 0.3) is 0 Å². The van der Waals surface area contributed by atoms with E-state index in [0.29, 0.717) is 15.9 Å². The number of carboxylic acid groups (broad SMARTS) is 1. The number of rotatable bonds is 3. The number of carbonyl (C=O) groups is 1. The van der Waals surface area contributed by atoms with Crippen LogP contribution in [0.3, 0.4) is 0 Å². The molecule has 0 aliphatic carbocycles. The van der Waals surface area contributed by atoms with Crippen LogP contribution in [-0.2, 0) is 6.54 Å². The SMILES string of the molecule is O=C(O)c1cc2c(Cl)c(O)c(Cl)cc2n1Cc1cccc(Cl)c1. The maximum absolute atomic E-state index is 11.5. The number of phenolic OH excluding ortho intramolecular Hbond substituents is 1. The van der Waals surface area contributed by atoms with E-state index in [0.717, 1.165) is 5.56 Å². The van der Waals surface area contributed by atoms with Gasteiger partial charge in [-0.1, -0.05) is 46.9 Å². The van der Waals surface area contributed by atoms with Gasteiger partial charge in [-0.3, -0.25) is 0 Å². The minimum absolute atomic E-state index is 0.0276. The molecule has 1 aromatic heterocycles. The van der Waals surface area contributed by atoms with Crippen LogP contribution in [-0.4, -0.2) is 20.7 Å². The molecule has 0 saturated carbocycles. The summed E-state index contributed by atoms with van der Waals surface area (Å²) in [5.74, 6) is -1.37. The zero-order valence-corrected chi connectivity index (χ0v) is 13.8. The first kappa shape index (κ1) is 16.0. The standard InChI is InChI=1S/C16H10Cl3NO3/c17-9-3-1-2-8(4-9)7-20-12-6-11(18)15(21)14(19)10(12)5-13(20)16(22)23/h1-6,21H,7H2,(H,22,23). The fourth-order valence-corrected chi connectivity index (χ4v) is 3.19. The maximum atomic E-state index is 11.5. The summed E-state index contributed by atoms with van der Waals surface area (Å²) in [7, 11) is 0. The number of aromatic hydroxyl groups is 1. The second kappa shape index (κ2) is 5.96. The quantitative estimate of drug-likeness (QED) is 0.678. The van der Waals surface area contributed by atoms with Crippen molar-refractivity contribution in [2.24, 2.45) is 0 Å². The summed E-state index contributed by atoms with van der Waals surface area (Å²) >= 11 is 18.0. The van der Waals surface area contributed by atoms with Crippen LogP contribution in [0.5, 0.6) is 5.75 Å². The zero-order valence-electron chi connectivity index (χ0n) is 11.6. The monoisotopic (exact) mass is 369 g/mol. The number of halogens is 3. The number of benzene rings is 2. The minimum Gasteiger partial charge on any atom is -0.505 e. The number of nitrogens with zero attached hydrogens (tertiary/aromatic N) is 1. The van der Waals surface area contributed by atoms with Gasteiger partial charge in [0.05, 0.1) is 15.6 Å². The summed E-state index contributed by atoms with van der Waals surface area (Å²) in [5, 5.41) is 20.3. The molecule has 0 aliphatic heterocycles. The lowest BCUT2D eigenvalue weighted by molar-refractivity contribution is 0.0686. The lowest BCUT2D eigenvalue weighted by atomic mass is 10.2. The van der Waals surface area contributed by atoms with Gasteiger partial charge in [0.1, 0.15) is 5.69 Å². The van der Waals surface area contributed by atoms with Crippen molar-refractivity contribution in [1.82, 2.24) is 4.57 Å². The van der Waals surface area contributed by atoms with Crippen molar-refractivity contribution in [1.29, 1.82) is 0 Å². The Morgan fingerprint density at radius 3 is 2.52 bits per heavy atom. The Morgan fingerprint density at radius 1 is 1.13 bits per heavy atom. The van der Waals surface area contributed by atoms with Crippen LogP contribution >= 0.6 is 34.8 Å². The molecule has 0 fully saturated rings. The van der Waals surface area contributed by atoms with Gasteiger partial charge >= 0.3 is 5.97 Å². The lowest BCUT2D eigenvalue weighted by Gasteiger charge is -2.10. The highest BCUT2D eigenvalue weighted by molar-refractivity contribution is 6.41. The smallest absolute Gasteiger partial charge is 0.352 e. The average Bonchev–Trinajstić information content (AvgIpc) is 2.84. The normalized spacial score (nSPS) is 11.1. The van der Waals surface area contributed by atoms with Gasteiger partial charge in [-0.25, -0.2) is 4.79 Å². The first-order valence-electron chi connectivity index (χ1n) is 6.56. The van der Waals surface area contributed by atoms with Crippen LogP contribution in [0.1, 0.15) is 16.1 Å². The van der Waals surface area contributed by atoms with Crippen LogP contribution < -0.4 is 0 Å². The van der Waals surface area contributed by atoms with E-state index in [2.05, 4.69) is 0 Å². The summed E-state index contributed by atoms with van der Waals surface area (Å²) < 4.78 is 1.57. The van der Waals surface area contributed by atoms with Gasteiger partial charge in [0.15, 0.2) is 5.75 Å². The molecule has 3 aromatic rings. The lowest BCUT2D eigenvalue weighted by Crippen LogP contribution is -2.09. The molecular weight excluding hydrogens is 361 g/mol. The summed E-state index contributed by atoms with van der Waals surface area (Å²) in [5.41, 5.74) is 1.40. The number of carboxylic acids is 1. The Balaban J connectivity index is 2.25. The van der Waals surface area contributed by atoms with Crippen molar-refractivity contribution in [3.05, 3.63) is 62.7 Å². The van der Waals surface area contributed by atoms with Crippen LogP contribution in [0.25, 0.3) is 10.9 Å². The number of phenols is 1. The largest absolute Gasteiger partial charge is 0.505 e. The Kier molecular flexibility index (Phi) is 4.15. The third-order valence-corrected chi connectivity index (χ3v) is 4.43. The molecule has 1 heterocycles. The summed E-state index contributed by atoms with van der Waals surface area (Å²) in [6.07, 6.45) is 0. The molecule has 4 nitrogen and oxygen atoms in total. The average molecular weight is 371 g/mol. The predicted octanol–water partition coefficient (Wildman–Crippen LogP) is 5.05. The van der Waals surface area contributed by atoms with Crippen molar-refractivity contribution in [2.75, 3.05) is 0 Å². The highest BCUT2D eigenvalue weighted by Crippen LogP contribution is 2.39. The molecule has 0 atom stereocenters. The van der Waals surface area contributed by atoms with E-state index in [1.807, 2.05) is 6.07 Å². The molecule has 0 bridgehead atoms. The van der Waals surface area contributed by atoms with Crippen molar-refractivity contribution >= 4 is 51.7 Å². The summed E-state index contributed by atoms with van der Waals surface area (Å²) in [6, 6.07) is 10.0. The van der Waals surface area contributed by atoms with E-state index in [9.17, 15) is 15.0 Å². The number of fused-ring (bicyclic) bond motifs is 1. The van der Waals surface area contributed by atoms with Crippen LogP contribution in [0.15, 0.2) is 36.4 Å². The van der Waals surface area contributed by atoms with Gasteiger partial charge in [-0.15, -0.1) is 0 Å². The van der Waals surface area contributed by atoms with Gasteiger partial charge < -0.3 is 14.8 Å². The van der Waals surface area contributed by atoms with E-state index < -0.39 is 5.97 Å². The van der Waals surface area contributed by atoms with Crippen molar-refractivity contribution in [2.45, 2.75) is 6.54 Å². The van der Waals surface area contributed by atoms with Crippen LogP contribution in [0.4, 0.5) is 0 Å². The van der Waals surface area contributed by atoms with Gasteiger partial charge in [-0.2, -0.15) is 0 Å².